The Morgan fingerprint density at radius 1 is 0.296 bits per heavy atom. The second-order valence-corrected chi connectivity index (χ2v) is 14.1. The number of rotatable bonds is 5. The van der Waals surface area contributed by atoms with Crippen molar-refractivity contribution in [3.05, 3.63) is 200 Å². The molecule has 0 bridgehead atoms. The molecule has 0 unspecified atom stereocenters. The summed E-state index contributed by atoms with van der Waals surface area (Å²) in [4.78, 5) is 2.33. The van der Waals surface area contributed by atoms with Crippen LogP contribution in [0.15, 0.2) is 205 Å². The van der Waals surface area contributed by atoms with Crippen molar-refractivity contribution in [3.63, 3.8) is 0 Å². The molecule has 0 aliphatic heterocycles. The van der Waals surface area contributed by atoms with Gasteiger partial charge in [-0.05, 0) is 114 Å². The molecular weight excluding hydrogens is 655 g/mol. The predicted octanol–water partition coefficient (Wildman–Crippen LogP) is 15.0. The number of hydrogen-bond donors (Lipinski definition) is 0. The lowest BCUT2D eigenvalue weighted by atomic mass is 9.91. The van der Waals surface area contributed by atoms with Crippen LogP contribution in [0.5, 0.6) is 0 Å². The van der Waals surface area contributed by atoms with Gasteiger partial charge in [-0.2, -0.15) is 0 Å². The minimum atomic E-state index is 0.872. The minimum Gasteiger partial charge on any atom is -0.456 e. The molecule has 1 aromatic heterocycles. The number of benzene rings is 10. The third kappa shape index (κ3) is 4.88. The fourth-order valence-electron chi connectivity index (χ4n) is 8.46. The average molecular weight is 688 g/mol. The predicted molar refractivity (Wildman–Crippen MR) is 229 cm³/mol. The molecule has 1 heterocycles. The zero-order valence-electron chi connectivity index (χ0n) is 29.4. The number of fused-ring (bicyclic) bond motifs is 10. The van der Waals surface area contributed by atoms with E-state index >= 15 is 0 Å². The normalized spacial score (nSPS) is 11.7. The monoisotopic (exact) mass is 687 g/mol. The highest BCUT2D eigenvalue weighted by Crippen LogP contribution is 2.43. The van der Waals surface area contributed by atoms with E-state index < -0.39 is 0 Å². The molecule has 252 valence electrons. The van der Waals surface area contributed by atoms with E-state index in [0.717, 1.165) is 39.0 Å². The van der Waals surface area contributed by atoms with E-state index in [0.29, 0.717) is 0 Å². The lowest BCUT2D eigenvalue weighted by molar-refractivity contribution is 0.669. The molecule has 0 N–H and O–H groups in total. The Balaban J connectivity index is 1.06. The van der Waals surface area contributed by atoms with Crippen molar-refractivity contribution in [2.45, 2.75) is 0 Å². The van der Waals surface area contributed by atoms with Crippen LogP contribution in [-0.2, 0) is 0 Å². The zero-order valence-corrected chi connectivity index (χ0v) is 29.4. The summed E-state index contributed by atoms with van der Waals surface area (Å²) in [5, 5.41) is 12.3. The molecule has 0 radical (unpaired) electrons. The largest absolute Gasteiger partial charge is 0.456 e. The Morgan fingerprint density at radius 2 is 0.833 bits per heavy atom. The van der Waals surface area contributed by atoms with Gasteiger partial charge in [0.05, 0.1) is 0 Å². The van der Waals surface area contributed by atoms with E-state index in [4.69, 9.17) is 4.42 Å². The highest BCUT2D eigenvalue weighted by atomic mass is 16.3. The quantitative estimate of drug-likeness (QED) is 0.168. The Bertz CT molecular complexity index is 3190. The van der Waals surface area contributed by atoms with E-state index in [1.54, 1.807) is 0 Å². The molecule has 0 amide bonds. The number of anilines is 3. The Labute approximate surface area is 312 Å². The maximum absolute atomic E-state index is 6.55. The molecule has 2 heteroatoms. The van der Waals surface area contributed by atoms with Crippen molar-refractivity contribution in [2.24, 2.45) is 0 Å². The van der Waals surface area contributed by atoms with Gasteiger partial charge in [0.15, 0.2) is 0 Å². The summed E-state index contributed by atoms with van der Waals surface area (Å²) in [7, 11) is 0. The summed E-state index contributed by atoms with van der Waals surface area (Å²) in [5.74, 6) is 0. The zero-order chi connectivity index (χ0) is 35.6. The maximum Gasteiger partial charge on any atom is 0.137 e. The summed E-state index contributed by atoms with van der Waals surface area (Å²) in [6.45, 7) is 0. The third-order valence-corrected chi connectivity index (χ3v) is 11.0. The summed E-state index contributed by atoms with van der Waals surface area (Å²) in [6, 6.07) is 72.2. The van der Waals surface area contributed by atoms with Gasteiger partial charge in [-0.15, -0.1) is 0 Å². The minimum absolute atomic E-state index is 0.872. The third-order valence-electron chi connectivity index (χ3n) is 11.0. The highest BCUT2D eigenvalue weighted by Gasteiger charge is 2.18. The van der Waals surface area contributed by atoms with Gasteiger partial charge >= 0.3 is 0 Å². The summed E-state index contributed by atoms with van der Waals surface area (Å²) < 4.78 is 6.55. The van der Waals surface area contributed by atoms with Crippen molar-refractivity contribution in [1.29, 1.82) is 0 Å². The van der Waals surface area contributed by atoms with Gasteiger partial charge in [0.1, 0.15) is 11.2 Å². The fourth-order valence-corrected chi connectivity index (χ4v) is 8.46. The van der Waals surface area contributed by atoms with Gasteiger partial charge in [-0.25, -0.2) is 0 Å². The van der Waals surface area contributed by atoms with Crippen molar-refractivity contribution >= 4 is 82.1 Å². The van der Waals surface area contributed by atoms with Crippen molar-refractivity contribution in [3.8, 4) is 22.3 Å². The van der Waals surface area contributed by atoms with E-state index in [1.165, 1.54) is 65.3 Å². The molecule has 0 fully saturated rings. The van der Waals surface area contributed by atoms with Crippen molar-refractivity contribution in [2.75, 3.05) is 4.90 Å². The summed E-state index contributed by atoms with van der Waals surface area (Å²) in [6.07, 6.45) is 0. The fraction of sp³-hybridized carbons (Fsp3) is 0. The molecule has 0 saturated heterocycles. The van der Waals surface area contributed by atoms with Gasteiger partial charge in [-0.3, -0.25) is 0 Å². The molecule has 54 heavy (non-hydrogen) atoms. The maximum atomic E-state index is 6.55. The van der Waals surface area contributed by atoms with Gasteiger partial charge < -0.3 is 9.32 Å². The first kappa shape index (κ1) is 30.5. The topological polar surface area (TPSA) is 16.4 Å². The second-order valence-electron chi connectivity index (χ2n) is 14.1. The van der Waals surface area contributed by atoms with Crippen LogP contribution in [0.1, 0.15) is 0 Å². The lowest BCUT2D eigenvalue weighted by Crippen LogP contribution is -2.09. The average Bonchev–Trinajstić information content (AvgIpc) is 3.63. The van der Waals surface area contributed by atoms with Gasteiger partial charge in [-0.1, -0.05) is 146 Å². The van der Waals surface area contributed by atoms with Crippen LogP contribution in [0.3, 0.4) is 0 Å². The molecule has 0 saturated carbocycles. The summed E-state index contributed by atoms with van der Waals surface area (Å²) in [5.41, 5.74) is 9.76. The van der Waals surface area contributed by atoms with Gasteiger partial charge in [0.2, 0.25) is 0 Å². The van der Waals surface area contributed by atoms with E-state index in [9.17, 15) is 0 Å². The van der Waals surface area contributed by atoms with Crippen LogP contribution in [0.2, 0.25) is 0 Å². The van der Waals surface area contributed by atoms with Crippen molar-refractivity contribution in [1.82, 2.24) is 0 Å². The first-order valence-electron chi connectivity index (χ1n) is 18.5. The molecule has 0 aliphatic carbocycles. The van der Waals surface area contributed by atoms with Crippen LogP contribution in [0.4, 0.5) is 17.1 Å². The number of nitrogens with zero attached hydrogens (tertiary/aromatic N) is 1. The molecule has 0 atom stereocenters. The number of furan rings is 1. The summed E-state index contributed by atoms with van der Waals surface area (Å²) >= 11 is 0. The second kappa shape index (κ2) is 12.2. The smallest absolute Gasteiger partial charge is 0.137 e. The van der Waals surface area contributed by atoms with E-state index in [-0.39, 0.29) is 0 Å². The molecular formula is C52H33NO. The Hall–Kier alpha value is -7.16. The van der Waals surface area contributed by atoms with Crippen LogP contribution < -0.4 is 4.90 Å². The molecule has 2 nitrogen and oxygen atoms in total. The highest BCUT2D eigenvalue weighted by molar-refractivity contribution is 6.23. The molecule has 0 spiro atoms. The van der Waals surface area contributed by atoms with Crippen LogP contribution >= 0.6 is 0 Å². The van der Waals surface area contributed by atoms with Crippen LogP contribution in [0, 0.1) is 0 Å². The van der Waals surface area contributed by atoms with E-state index in [1.807, 2.05) is 0 Å². The molecule has 0 aliphatic rings. The van der Waals surface area contributed by atoms with Crippen LogP contribution in [-0.4, -0.2) is 0 Å². The van der Waals surface area contributed by atoms with E-state index in [2.05, 4.69) is 205 Å². The SMILES string of the molecule is c1ccc(-c2ccc(N(c3ccc(-c4cc5ccc6ccccc6c5c5ccccc45)cc3)c3ccc4c(c3)oc3ccc5ccccc5c34)cc2)cc1. The molecule has 10 aromatic carbocycles. The standard InChI is InChI=1S/C52H33NO/c1-2-10-34(11-3-1)35-20-25-40(26-21-35)53(42-29-30-47-50(33-42)54-49-31-24-37-13-5-7-15-44(37)52(47)49)41-27-22-38(23-28-41)48-32-39-19-18-36-12-4-6-14-43(36)51(39)46-17-9-8-16-45(46)48/h1-33H. The van der Waals surface area contributed by atoms with Gasteiger partial charge in [0.25, 0.3) is 0 Å². The number of hydrogen-bond acceptors (Lipinski definition) is 2. The first-order valence-corrected chi connectivity index (χ1v) is 18.5. The first-order chi connectivity index (χ1) is 26.8. The van der Waals surface area contributed by atoms with Crippen molar-refractivity contribution < 1.29 is 4.42 Å². The lowest BCUT2D eigenvalue weighted by Gasteiger charge is -2.26. The molecule has 11 aromatic rings. The van der Waals surface area contributed by atoms with Crippen LogP contribution in [0.25, 0.3) is 87.3 Å². The molecule has 11 rings (SSSR count). The Kier molecular flexibility index (Phi) is 6.90. The Morgan fingerprint density at radius 3 is 1.56 bits per heavy atom. The van der Waals surface area contributed by atoms with Gasteiger partial charge in [0, 0.05) is 33.9 Å².